The molecule has 2 atom stereocenters. The van der Waals surface area contributed by atoms with Crippen LogP contribution in [0.2, 0.25) is 0 Å². The summed E-state index contributed by atoms with van der Waals surface area (Å²) >= 11 is 0. The van der Waals surface area contributed by atoms with Gasteiger partial charge in [0.1, 0.15) is 5.54 Å². The third kappa shape index (κ3) is 1.62. The zero-order valence-corrected chi connectivity index (χ0v) is 9.54. The van der Waals surface area contributed by atoms with Crippen molar-refractivity contribution in [3.05, 3.63) is 0 Å². The first-order valence-corrected chi connectivity index (χ1v) is 5.54. The maximum Gasteiger partial charge on any atom is 0.245 e. The number of hydrogen-bond acceptors (Lipinski definition) is 2. The van der Waals surface area contributed by atoms with Crippen LogP contribution in [0.25, 0.3) is 0 Å². The second-order valence-corrected chi connectivity index (χ2v) is 5.12. The largest absolute Gasteiger partial charge is 0.352 e. The quantitative estimate of drug-likeness (QED) is 0.680. The van der Waals surface area contributed by atoms with Crippen molar-refractivity contribution in [3.8, 4) is 0 Å². The zero-order valence-electron chi connectivity index (χ0n) is 9.54. The van der Waals surface area contributed by atoms with Gasteiger partial charge < -0.3 is 10.2 Å². The second kappa shape index (κ2) is 3.22. The minimum atomic E-state index is -0.683. The van der Waals surface area contributed by atoms with Crippen LogP contribution >= 0.6 is 0 Å². The Hall–Kier alpha value is -1.06. The topological polar surface area (TPSA) is 49.4 Å². The van der Waals surface area contributed by atoms with Crippen molar-refractivity contribution in [2.24, 2.45) is 11.8 Å². The fraction of sp³-hybridized carbons (Fsp3) is 0.818. The first-order chi connectivity index (χ1) is 6.94. The summed E-state index contributed by atoms with van der Waals surface area (Å²) in [5.41, 5.74) is -0.683. The Morgan fingerprint density at radius 1 is 1.53 bits per heavy atom. The van der Waals surface area contributed by atoms with E-state index in [1.165, 1.54) is 0 Å². The van der Waals surface area contributed by atoms with Gasteiger partial charge in [-0.25, -0.2) is 0 Å². The third-order valence-corrected chi connectivity index (χ3v) is 3.54. The van der Waals surface area contributed by atoms with E-state index in [0.29, 0.717) is 19.0 Å². The van der Waals surface area contributed by atoms with Gasteiger partial charge in [-0.05, 0) is 26.2 Å². The van der Waals surface area contributed by atoms with E-state index in [9.17, 15) is 9.59 Å². The summed E-state index contributed by atoms with van der Waals surface area (Å²) in [7, 11) is 0. The Balaban J connectivity index is 2.13. The van der Waals surface area contributed by atoms with Crippen molar-refractivity contribution < 1.29 is 9.59 Å². The van der Waals surface area contributed by atoms with E-state index in [2.05, 4.69) is 12.2 Å². The molecular weight excluding hydrogens is 192 g/mol. The number of hydrogen-bond donors (Lipinski definition) is 1. The second-order valence-electron chi connectivity index (χ2n) is 5.12. The molecule has 0 aromatic carbocycles. The molecule has 1 saturated heterocycles. The van der Waals surface area contributed by atoms with Gasteiger partial charge in [0.05, 0.1) is 0 Å². The maximum atomic E-state index is 12.1. The molecule has 0 bridgehead atoms. The van der Waals surface area contributed by atoms with E-state index in [4.69, 9.17) is 0 Å². The fourth-order valence-electron chi connectivity index (χ4n) is 2.15. The van der Waals surface area contributed by atoms with Crippen LogP contribution in [0.3, 0.4) is 0 Å². The van der Waals surface area contributed by atoms with Crippen molar-refractivity contribution in [2.75, 3.05) is 13.1 Å². The van der Waals surface area contributed by atoms with Gasteiger partial charge in [-0.1, -0.05) is 6.92 Å². The van der Waals surface area contributed by atoms with Crippen LogP contribution in [0.5, 0.6) is 0 Å². The first kappa shape index (κ1) is 10.5. The van der Waals surface area contributed by atoms with Crippen LogP contribution in [0.1, 0.15) is 27.2 Å². The molecule has 1 N–H and O–H groups in total. The molecule has 15 heavy (non-hydrogen) atoms. The number of amides is 2. The highest BCUT2D eigenvalue weighted by molar-refractivity contribution is 5.93. The highest BCUT2D eigenvalue weighted by Gasteiger charge is 2.48. The molecule has 0 spiro atoms. The van der Waals surface area contributed by atoms with Gasteiger partial charge in [0, 0.05) is 19.0 Å². The van der Waals surface area contributed by atoms with Gasteiger partial charge in [-0.2, -0.15) is 0 Å². The molecule has 0 radical (unpaired) electrons. The van der Waals surface area contributed by atoms with Crippen molar-refractivity contribution in [2.45, 2.75) is 32.7 Å². The van der Waals surface area contributed by atoms with Crippen LogP contribution < -0.4 is 5.32 Å². The summed E-state index contributed by atoms with van der Waals surface area (Å²) in [6.07, 6.45) is 0.979. The molecule has 1 aliphatic heterocycles. The molecule has 84 valence electrons. The standard InChI is InChI=1S/C11H18N2O2/c1-7-6-8(7)9(14)13-5-4-12-10(15)11(13,2)3/h7-8H,4-6H2,1-3H3,(H,12,15). The summed E-state index contributed by atoms with van der Waals surface area (Å²) in [5.74, 6) is 0.770. The van der Waals surface area contributed by atoms with Crippen molar-refractivity contribution in [1.29, 1.82) is 0 Å². The molecule has 1 saturated carbocycles. The Morgan fingerprint density at radius 2 is 2.13 bits per heavy atom. The van der Waals surface area contributed by atoms with Crippen molar-refractivity contribution in [1.82, 2.24) is 10.2 Å². The Labute approximate surface area is 90.0 Å². The molecule has 2 rings (SSSR count). The van der Waals surface area contributed by atoms with E-state index < -0.39 is 5.54 Å². The van der Waals surface area contributed by atoms with Gasteiger partial charge in [0.15, 0.2) is 0 Å². The summed E-state index contributed by atoms with van der Waals surface area (Å²) in [4.78, 5) is 25.5. The van der Waals surface area contributed by atoms with Gasteiger partial charge in [-0.3, -0.25) is 9.59 Å². The normalized spacial score (nSPS) is 33.5. The van der Waals surface area contributed by atoms with Crippen molar-refractivity contribution in [3.63, 3.8) is 0 Å². The van der Waals surface area contributed by atoms with Gasteiger partial charge in [0.25, 0.3) is 0 Å². The van der Waals surface area contributed by atoms with Crippen LogP contribution in [-0.4, -0.2) is 35.3 Å². The highest BCUT2D eigenvalue weighted by atomic mass is 16.2. The fourth-order valence-corrected chi connectivity index (χ4v) is 2.15. The smallest absolute Gasteiger partial charge is 0.245 e. The molecule has 4 heteroatoms. The number of carbonyl (C=O) groups excluding carboxylic acids is 2. The summed E-state index contributed by atoms with van der Waals surface area (Å²) in [6, 6.07) is 0. The maximum absolute atomic E-state index is 12.1. The van der Waals surface area contributed by atoms with Crippen LogP contribution in [0.4, 0.5) is 0 Å². The summed E-state index contributed by atoms with van der Waals surface area (Å²) in [6.45, 7) is 6.92. The molecule has 2 amide bonds. The van der Waals surface area contributed by atoms with E-state index in [0.717, 1.165) is 6.42 Å². The van der Waals surface area contributed by atoms with Crippen LogP contribution in [0, 0.1) is 11.8 Å². The molecule has 0 aromatic heterocycles. The average molecular weight is 210 g/mol. The number of nitrogens with zero attached hydrogens (tertiary/aromatic N) is 1. The number of nitrogens with one attached hydrogen (secondary N) is 1. The lowest BCUT2D eigenvalue weighted by Gasteiger charge is -2.41. The molecule has 4 nitrogen and oxygen atoms in total. The molecule has 1 heterocycles. The molecule has 2 unspecified atom stereocenters. The number of piperazine rings is 1. The number of rotatable bonds is 1. The molecular formula is C11H18N2O2. The lowest BCUT2D eigenvalue weighted by molar-refractivity contribution is -0.150. The molecule has 0 aromatic rings. The predicted molar refractivity (Wildman–Crippen MR) is 56.1 cm³/mol. The van der Waals surface area contributed by atoms with Crippen molar-refractivity contribution >= 4 is 11.8 Å². The summed E-state index contributed by atoms with van der Waals surface area (Å²) < 4.78 is 0. The SMILES string of the molecule is CC1CC1C(=O)N1CCNC(=O)C1(C)C. The third-order valence-electron chi connectivity index (χ3n) is 3.54. The van der Waals surface area contributed by atoms with E-state index in [1.807, 2.05) is 13.8 Å². The summed E-state index contributed by atoms with van der Waals surface area (Å²) in [5, 5.41) is 2.79. The van der Waals surface area contributed by atoms with Gasteiger partial charge in [0.2, 0.25) is 11.8 Å². The van der Waals surface area contributed by atoms with Crippen LogP contribution in [0.15, 0.2) is 0 Å². The minimum absolute atomic E-state index is 0.0459. The lowest BCUT2D eigenvalue weighted by atomic mass is 9.98. The minimum Gasteiger partial charge on any atom is -0.352 e. The first-order valence-electron chi connectivity index (χ1n) is 5.54. The Morgan fingerprint density at radius 3 is 2.67 bits per heavy atom. The predicted octanol–water partition coefficient (Wildman–Crippen LogP) is 0.379. The van der Waals surface area contributed by atoms with E-state index >= 15 is 0 Å². The molecule has 2 fully saturated rings. The average Bonchev–Trinajstić information content (AvgIpc) is 2.86. The Bertz CT molecular complexity index is 312. The van der Waals surface area contributed by atoms with Gasteiger partial charge in [-0.15, -0.1) is 0 Å². The molecule has 1 aliphatic carbocycles. The van der Waals surface area contributed by atoms with E-state index in [-0.39, 0.29) is 17.7 Å². The van der Waals surface area contributed by atoms with E-state index in [1.54, 1.807) is 4.90 Å². The van der Waals surface area contributed by atoms with Crippen LogP contribution in [-0.2, 0) is 9.59 Å². The van der Waals surface area contributed by atoms with Gasteiger partial charge >= 0.3 is 0 Å². The monoisotopic (exact) mass is 210 g/mol. The molecule has 2 aliphatic rings. The zero-order chi connectivity index (χ0) is 11.2. The highest BCUT2D eigenvalue weighted by Crippen LogP contribution is 2.40. The number of carbonyl (C=O) groups is 2. The Kier molecular flexibility index (Phi) is 2.24. The lowest BCUT2D eigenvalue weighted by Crippen LogP contribution is -2.63.